The fourth-order valence-electron chi connectivity index (χ4n) is 4.68. The molecular weight excluding hydrogens is 262 g/mol. The number of ether oxygens (including phenoxy) is 1. The van der Waals surface area contributed by atoms with Crippen LogP contribution in [0.15, 0.2) is 0 Å². The molecule has 1 saturated carbocycles. The largest absolute Gasteiger partial charge is 0.380 e. The smallest absolute Gasteiger partial charge is 0.149 e. The second-order valence-corrected chi connectivity index (χ2v) is 6.74. The topological polar surface area (TPSA) is 29.5 Å². The molecule has 0 bridgehead atoms. The molecular formula is C18H35NO2. The molecule has 2 unspecified atom stereocenters. The number of carbonyl (C=O) groups excluding carboxylic acids is 1. The number of rotatable bonds is 2. The summed E-state index contributed by atoms with van der Waals surface area (Å²) < 4.78 is 5.48. The molecule has 21 heavy (non-hydrogen) atoms. The summed E-state index contributed by atoms with van der Waals surface area (Å²) in [5.41, 5.74) is 1.05. The monoisotopic (exact) mass is 297 g/mol. The zero-order valence-corrected chi connectivity index (χ0v) is 15.4. The third-order valence-corrected chi connectivity index (χ3v) is 6.26. The van der Waals surface area contributed by atoms with Crippen LogP contribution in [0.1, 0.15) is 61.3 Å². The van der Waals surface area contributed by atoms with Crippen LogP contribution >= 0.6 is 0 Å². The first-order chi connectivity index (χ1) is 9.92. The van der Waals surface area contributed by atoms with Crippen LogP contribution in [0.4, 0.5) is 0 Å². The van der Waals surface area contributed by atoms with Crippen molar-refractivity contribution in [2.75, 3.05) is 26.8 Å². The lowest BCUT2D eigenvalue weighted by molar-refractivity contribution is -0.122. The maximum absolute atomic E-state index is 12.0. The predicted octanol–water partition coefficient (Wildman–Crippen LogP) is 3.76. The van der Waals surface area contributed by atoms with Crippen molar-refractivity contribution in [3.05, 3.63) is 0 Å². The van der Waals surface area contributed by atoms with Crippen molar-refractivity contribution in [3.63, 3.8) is 0 Å². The maximum atomic E-state index is 12.0. The molecule has 3 nitrogen and oxygen atoms in total. The summed E-state index contributed by atoms with van der Waals surface area (Å²) in [6, 6.07) is 0.152. The molecule has 0 radical (unpaired) electrons. The summed E-state index contributed by atoms with van der Waals surface area (Å²) in [5, 5.41) is 0. The fourth-order valence-corrected chi connectivity index (χ4v) is 4.68. The van der Waals surface area contributed by atoms with Crippen LogP contribution in [0.2, 0.25) is 0 Å². The second kappa shape index (κ2) is 6.37. The zero-order valence-electron chi connectivity index (χ0n) is 15.4. The van der Waals surface area contributed by atoms with Gasteiger partial charge in [-0.3, -0.25) is 9.69 Å². The van der Waals surface area contributed by atoms with Crippen molar-refractivity contribution in [1.29, 1.82) is 0 Å². The lowest BCUT2D eigenvalue weighted by Crippen LogP contribution is -2.37. The maximum Gasteiger partial charge on any atom is 0.149 e. The van der Waals surface area contributed by atoms with E-state index in [1.54, 1.807) is 0 Å². The zero-order chi connectivity index (χ0) is 16.5. The van der Waals surface area contributed by atoms with E-state index >= 15 is 0 Å². The highest BCUT2D eigenvalue weighted by molar-refractivity contribution is 5.84. The number of Topliss-reactive ketones (excluding diaryl/α,β-unsaturated/α-hetero) is 1. The van der Waals surface area contributed by atoms with Crippen LogP contribution in [-0.2, 0) is 9.53 Å². The van der Waals surface area contributed by atoms with E-state index < -0.39 is 0 Å². The Kier molecular flexibility index (Phi) is 5.66. The van der Waals surface area contributed by atoms with Crippen molar-refractivity contribution in [3.8, 4) is 0 Å². The van der Waals surface area contributed by atoms with Crippen molar-refractivity contribution in [2.24, 2.45) is 16.2 Å². The Bertz CT molecular complexity index is 373. The van der Waals surface area contributed by atoms with Gasteiger partial charge in [0.2, 0.25) is 0 Å². The first-order valence-electron chi connectivity index (χ1n) is 8.72. The van der Waals surface area contributed by atoms with Gasteiger partial charge in [-0.15, -0.1) is 0 Å². The summed E-state index contributed by atoms with van der Waals surface area (Å²) in [4.78, 5) is 14.3. The summed E-state index contributed by atoms with van der Waals surface area (Å²) in [6.45, 7) is 17.6. The van der Waals surface area contributed by atoms with Crippen LogP contribution in [0.25, 0.3) is 0 Å². The highest BCUT2D eigenvalue weighted by atomic mass is 16.5. The highest BCUT2D eigenvalue weighted by Crippen LogP contribution is 2.83. The quantitative estimate of drug-likeness (QED) is 0.777. The van der Waals surface area contributed by atoms with Gasteiger partial charge in [-0.2, -0.15) is 0 Å². The Hall–Kier alpha value is -0.410. The lowest BCUT2D eigenvalue weighted by Gasteiger charge is -2.32. The molecule has 2 heterocycles. The molecule has 0 aromatic rings. The van der Waals surface area contributed by atoms with Crippen LogP contribution in [-0.4, -0.2) is 43.5 Å². The minimum atomic E-state index is 0.152. The Balaban J connectivity index is 0.000000510. The Morgan fingerprint density at radius 2 is 1.67 bits per heavy atom. The van der Waals surface area contributed by atoms with Gasteiger partial charge in [-0.25, -0.2) is 0 Å². The van der Waals surface area contributed by atoms with E-state index in [2.05, 4.69) is 25.8 Å². The van der Waals surface area contributed by atoms with Gasteiger partial charge in [0.15, 0.2) is 0 Å². The number of ketones is 1. The van der Waals surface area contributed by atoms with Gasteiger partial charge in [-0.1, -0.05) is 48.5 Å². The molecule has 2 saturated heterocycles. The van der Waals surface area contributed by atoms with Gasteiger partial charge < -0.3 is 4.74 Å². The van der Waals surface area contributed by atoms with Crippen LogP contribution in [0, 0.1) is 16.2 Å². The number of nitrogens with zero attached hydrogens (tertiary/aromatic N) is 1. The van der Waals surface area contributed by atoms with Gasteiger partial charge in [-0.05, 0) is 18.9 Å². The second-order valence-electron chi connectivity index (χ2n) is 6.74. The summed E-state index contributed by atoms with van der Waals surface area (Å²) in [6.07, 6.45) is 1.71. The minimum absolute atomic E-state index is 0.152. The number of carbonyl (C=O) groups is 1. The molecule has 3 fully saturated rings. The van der Waals surface area contributed by atoms with Crippen molar-refractivity contribution in [1.82, 2.24) is 4.90 Å². The van der Waals surface area contributed by atoms with Gasteiger partial charge >= 0.3 is 0 Å². The molecule has 0 N–H and O–H groups in total. The number of fused-ring (bicyclic) bond motifs is 1. The van der Waals surface area contributed by atoms with E-state index in [0.717, 1.165) is 26.2 Å². The third kappa shape index (κ3) is 2.19. The van der Waals surface area contributed by atoms with Gasteiger partial charge in [0.05, 0.1) is 19.3 Å². The molecule has 2 atom stereocenters. The van der Waals surface area contributed by atoms with E-state index in [9.17, 15) is 4.79 Å². The Labute approximate surface area is 131 Å². The van der Waals surface area contributed by atoms with Crippen molar-refractivity contribution < 1.29 is 9.53 Å². The summed E-state index contributed by atoms with van der Waals surface area (Å²) >= 11 is 0. The molecule has 3 heteroatoms. The number of hydrogen-bond acceptors (Lipinski definition) is 3. The molecule has 3 rings (SSSR count). The number of likely N-dealkylation sites (tertiary alicyclic amines) is 1. The molecule has 3 aliphatic rings. The SMILES string of the molecule is CC.CC.CCC(=O)C1CC2(CN1C)C(C)(C)C21COC1. The van der Waals surface area contributed by atoms with Gasteiger partial charge in [0, 0.05) is 23.8 Å². The first kappa shape index (κ1) is 18.6. The molecule has 2 spiro atoms. The van der Waals surface area contributed by atoms with Crippen molar-refractivity contribution in [2.45, 2.75) is 67.3 Å². The summed E-state index contributed by atoms with van der Waals surface area (Å²) in [5.74, 6) is 0.405. The number of likely N-dealkylation sites (N-methyl/N-ethyl adjacent to an activating group) is 1. The molecule has 1 aliphatic carbocycles. The minimum Gasteiger partial charge on any atom is -0.380 e. The number of hydrogen-bond donors (Lipinski definition) is 0. The molecule has 124 valence electrons. The van der Waals surface area contributed by atoms with E-state index in [4.69, 9.17) is 4.74 Å². The standard InChI is InChI=1S/C14H23NO2.2C2H6/c1-5-11(16)10-6-13(7-15(10)4)12(2,3)14(13)8-17-9-14;2*1-2/h10H,5-9H2,1-4H3;2*1-2H3. The van der Waals surface area contributed by atoms with Crippen LogP contribution < -0.4 is 0 Å². The molecule has 0 aromatic carbocycles. The summed E-state index contributed by atoms with van der Waals surface area (Å²) in [7, 11) is 2.11. The Morgan fingerprint density at radius 1 is 1.14 bits per heavy atom. The van der Waals surface area contributed by atoms with E-state index in [0.29, 0.717) is 28.4 Å². The van der Waals surface area contributed by atoms with E-state index in [1.165, 1.54) is 0 Å². The van der Waals surface area contributed by atoms with Crippen LogP contribution in [0.3, 0.4) is 0 Å². The Morgan fingerprint density at radius 3 is 2.00 bits per heavy atom. The third-order valence-electron chi connectivity index (χ3n) is 6.26. The van der Waals surface area contributed by atoms with Crippen LogP contribution in [0.5, 0.6) is 0 Å². The average Bonchev–Trinajstić information content (AvgIpc) is 2.70. The molecule has 0 amide bonds. The predicted molar refractivity (Wildman–Crippen MR) is 88.5 cm³/mol. The molecule has 2 aliphatic heterocycles. The highest BCUT2D eigenvalue weighted by Gasteiger charge is 2.85. The van der Waals surface area contributed by atoms with Crippen molar-refractivity contribution >= 4 is 5.78 Å². The van der Waals surface area contributed by atoms with Gasteiger partial charge in [0.25, 0.3) is 0 Å². The lowest BCUT2D eigenvalue weighted by atomic mass is 9.88. The van der Waals surface area contributed by atoms with E-state index in [1.807, 2.05) is 34.6 Å². The average molecular weight is 297 g/mol. The first-order valence-corrected chi connectivity index (χ1v) is 8.72. The van der Waals surface area contributed by atoms with Gasteiger partial charge in [0.1, 0.15) is 5.78 Å². The van der Waals surface area contributed by atoms with E-state index in [-0.39, 0.29) is 6.04 Å². The fraction of sp³-hybridized carbons (Fsp3) is 0.944. The molecule has 0 aromatic heterocycles. The normalized spacial score (nSPS) is 34.4.